The first kappa shape index (κ1) is 25.9. The number of imidazole rings is 1. The number of fused-ring (bicyclic) bond motifs is 1. The Morgan fingerprint density at radius 1 is 1.15 bits per heavy atom. The molecule has 0 atom stereocenters. The molecule has 0 unspecified atom stereocenters. The van der Waals surface area contributed by atoms with Gasteiger partial charge in [0.25, 0.3) is 0 Å². The molecule has 0 fully saturated rings. The predicted molar refractivity (Wildman–Crippen MR) is 128 cm³/mol. The van der Waals surface area contributed by atoms with Crippen molar-refractivity contribution in [3.05, 3.63) is 42.5 Å². The smallest absolute Gasteiger partial charge is 0.387 e. The summed E-state index contributed by atoms with van der Waals surface area (Å²) >= 11 is 1.22. The minimum absolute atomic E-state index is 0.00131. The Bertz CT molecular complexity index is 1240. The number of amides is 1. The van der Waals surface area contributed by atoms with E-state index in [4.69, 9.17) is 0 Å². The van der Waals surface area contributed by atoms with Crippen LogP contribution in [0.5, 0.6) is 5.75 Å². The molecule has 0 aliphatic carbocycles. The molecule has 0 bridgehead atoms. The van der Waals surface area contributed by atoms with Crippen molar-refractivity contribution in [3.8, 4) is 5.75 Å². The normalized spacial score (nSPS) is 12.0. The molecule has 3 aromatic rings. The number of ether oxygens (including phenoxy) is 1. The molecule has 34 heavy (non-hydrogen) atoms. The highest BCUT2D eigenvalue weighted by Crippen LogP contribution is 2.27. The first-order valence-electron chi connectivity index (χ1n) is 10.7. The maximum absolute atomic E-state index is 12.8. The fourth-order valence-electron chi connectivity index (χ4n) is 3.42. The number of alkyl halides is 2. The van der Waals surface area contributed by atoms with Gasteiger partial charge in [0, 0.05) is 25.3 Å². The summed E-state index contributed by atoms with van der Waals surface area (Å²) in [5.74, 6) is -0.239. The first-order valence-corrected chi connectivity index (χ1v) is 13.1. The topological polar surface area (TPSA) is 93.5 Å². The maximum atomic E-state index is 12.8. The highest BCUT2D eigenvalue weighted by Gasteiger charge is 2.23. The van der Waals surface area contributed by atoms with Gasteiger partial charge in [0.1, 0.15) is 5.75 Å². The van der Waals surface area contributed by atoms with E-state index in [1.165, 1.54) is 40.3 Å². The average molecular weight is 513 g/mol. The van der Waals surface area contributed by atoms with Gasteiger partial charge in [-0.25, -0.2) is 13.4 Å². The average Bonchev–Trinajstić information content (AvgIpc) is 3.16. The lowest BCUT2D eigenvalue weighted by atomic mass is 10.3. The molecule has 1 heterocycles. The van der Waals surface area contributed by atoms with E-state index in [1.54, 1.807) is 32.0 Å². The zero-order chi connectivity index (χ0) is 24.9. The number of benzene rings is 2. The van der Waals surface area contributed by atoms with Crippen LogP contribution in [0.3, 0.4) is 0 Å². The number of hydrogen-bond donors (Lipinski definition) is 1. The second-order valence-corrected chi connectivity index (χ2v) is 10.00. The number of rotatable bonds is 11. The first-order chi connectivity index (χ1) is 16.2. The molecule has 1 amide bonds. The quantitative estimate of drug-likeness (QED) is 0.383. The summed E-state index contributed by atoms with van der Waals surface area (Å²) in [6, 6.07) is 10.5. The molecule has 12 heteroatoms. The van der Waals surface area contributed by atoms with Gasteiger partial charge in [0.15, 0.2) is 5.16 Å². The lowest BCUT2D eigenvalue weighted by Gasteiger charge is -2.18. The van der Waals surface area contributed by atoms with Crippen LogP contribution in [0.25, 0.3) is 11.0 Å². The Kier molecular flexibility index (Phi) is 8.50. The molecule has 0 aliphatic rings. The van der Waals surface area contributed by atoms with Crippen molar-refractivity contribution in [1.29, 1.82) is 0 Å². The van der Waals surface area contributed by atoms with Gasteiger partial charge in [-0.05, 0) is 49.4 Å². The highest BCUT2D eigenvalue weighted by atomic mass is 32.2. The second kappa shape index (κ2) is 11.2. The summed E-state index contributed by atoms with van der Waals surface area (Å²) in [4.78, 5) is 17.1. The van der Waals surface area contributed by atoms with Crippen LogP contribution < -0.4 is 10.1 Å². The molecule has 8 nitrogen and oxygen atoms in total. The number of aryl methyl sites for hydroxylation is 1. The molecular formula is C22H26F2N4O4S2. The fourth-order valence-corrected chi connectivity index (χ4v) is 5.78. The van der Waals surface area contributed by atoms with E-state index >= 15 is 0 Å². The van der Waals surface area contributed by atoms with Crippen molar-refractivity contribution in [2.75, 3.05) is 24.2 Å². The molecule has 1 N–H and O–H groups in total. The van der Waals surface area contributed by atoms with Gasteiger partial charge in [-0.1, -0.05) is 25.6 Å². The molecular weight excluding hydrogens is 486 g/mol. The minimum Gasteiger partial charge on any atom is -0.435 e. The van der Waals surface area contributed by atoms with Crippen LogP contribution in [0.2, 0.25) is 0 Å². The molecule has 2 aromatic carbocycles. The summed E-state index contributed by atoms with van der Waals surface area (Å²) in [6.45, 7) is 3.94. The predicted octanol–water partition coefficient (Wildman–Crippen LogP) is 4.42. The third-order valence-electron chi connectivity index (χ3n) is 5.04. The van der Waals surface area contributed by atoms with Crippen LogP contribution in [0.4, 0.5) is 14.5 Å². The largest absolute Gasteiger partial charge is 0.435 e. The minimum atomic E-state index is -3.61. The van der Waals surface area contributed by atoms with Crippen LogP contribution in [0.1, 0.15) is 20.8 Å². The number of halogens is 2. The molecule has 0 spiro atoms. The number of nitrogens with zero attached hydrogens (tertiary/aromatic N) is 3. The van der Waals surface area contributed by atoms with Gasteiger partial charge in [0.2, 0.25) is 15.9 Å². The van der Waals surface area contributed by atoms with E-state index in [0.29, 0.717) is 36.0 Å². The van der Waals surface area contributed by atoms with Crippen molar-refractivity contribution in [1.82, 2.24) is 13.9 Å². The second-order valence-electron chi connectivity index (χ2n) is 7.12. The SMILES string of the molecule is CCN(CC)S(=O)(=O)c1ccc2c(c1)nc(SCC(=O)Nc1ccc(OC(F)F)cc1)n2CC. The van der Waals surface area contributed by atoms with Crippen LogP contribution in [-0.2, 0) is 21.4 Å². The molecule has 0 saturated heterocycles. The summed E-state index contributed by atoms with van der Waals surface area (Å²) in [5, 5.41) is 3.28. The number of aromatic nitrogens is 2. The molecule has 0 saturated carbocycles. The number of carbonyl (C=O) groups is 1. The maximum Gasteiger partial charge on any atom is 0.387 e. The van der Waals surface area contributed by atoms with Crippen molar-refractivity contribution in [2.45, 2.75) is 44.0 Å². The third kappa shape index (κ3) is 5.86. The van der Waals surface area contributed by atoms with Crippen molar-refractivity contribution in [2.24, 2.45) is 0 Å². The number of anilines is 1. The van der Waals surface area contributed by atoms with E-state index < -0.39 is 16.6 Å². The lowest BCUT2D eigenvalue weighted by Crippen LogP contribution is -2.30. The summed E-state index contributed by atoms with van der Waals surface area (Å²) in [7, 11) is -3.61. The van der Waals surface area contributed by atoms with Crippen LogP contribution >= 0.6 is 11.8 Å². The van der Waals surface area contributed by atoms with E-state index in [0.717, 1.165) is 5.52 Å². The standard InChI is InChI=1S/C22H26F2N4O4S2/c1-4-27(5-2)34(30,31)17-11-12-19-18(13-17)26-22(28(19)6-3)33-14-20(29)25-15-7-9-16(10-8-15)32-21(23)24/h7-13,21H,4-6,14H2,1-3H3,(H,25,29). The zero-order valence-electron chi connectivity index (χ0n) is 19.0. The van der Waals surface area contributed by atoms with E-state index in [9.17, 15) is 22.0 Å². The van der Waals surface area contributed by atoms with Gasteiger partial charge in [-0.15, -0.1) is 0 Å². The van der Waals surface area contributed by atoms with Crippen molar-refractivity contribution < 1.29 is 26.7 Å². The van der Waals surface area contributed by atoms with Gasteiger partial charge in [-0.3, -0.25) is 4.79 Å². The van der Waals surface area contributed by atoms with Crippen molar-refractivity contribution in [3.63, 3.8) is 0 Å². The van der Waals surface area contributed by atoms with E-state index in [2.05, 4.69) is 15.0 Å². The Morgan fingerprint density at radius 3 is 2.41 bits per heavy atom. The molecule has 1 aromatic heterocycles. The zero-order valence-corrected chi connectivity index (χ0v) is 20.6. The van der Waals surface area contributed by atoms with Gasteiger partial charge >= 0.3 is 6.61 Å². The summed E-state index contributed by atoms with van der Waals surface area (Å²) in [6.07, 6.45) is 0. The van der Waals surface area contributed by atoms with E-state index in [-0.39, 0.29) is 22.3 Å². The van der Waals surface area contributed by atoms with Gasteiger partial charge in [-0.2, -0.15) is 13.1 Å². The Hall–Kier alpha value is -2.70. The number of sulfonamides is 1. The number of hydrogen-bond acceptors (Lipinski definition) is 6. The number of thioether (sulfide) groups is 1. The van der Waals surface area contributed by atoms with Crippen LogP contribution in [0, 0.1) is 0 Å². The van der Waals surface area contributed by atoms with E-state index in [1.807, 2.05) is 11.5 Å². The fraction of sp³-hybridized carbons (Fsp3) is 0.364. The highest BCUT2D eigenvalue weighted by molar-refractivity contribution is 7.99. The summed E-state index contributed by atoms with van der Waals surface area (Å²) < 4.78 is 57.8. The molecule has 0 radical (unpaired) electrons. The van der Waals surface area contributed by atoms with Gasteiger partial charge < -0.3 is 14.6 Å². The third-order valence-corrected chi connectivity index (χ3v) is 8.06. The Morgan fingerprint density at radius 2 is 1.82 bits per heavy atom. The van der Waals surface area contributed by atoms with Crippen LogP contribution in [0.15, 0.2) is 52.5 Å². The summed E-state index contributed by atoms with van der Waals surface area (Å²) in [5.41, 5.74) is 1.76. The monoisotopic (exact) mass is 512 g/mol. The Labute approximate surface area is 201 Å². The Balaban J connectivity index is 1.73. The van der Waals surface area contributed by atoms with Gasteiger partial charge in [0.05, 0.1) is 21.7 Å². The van der Waals surface area contributed by atoms with Crippen molar-refractivity contribution >= 4 is 44.4 Å². The lowest BCUT2D eigenvalue weighted by molar-refractivity contribution is -0.113. The molecule has 0 aliphatic heterocycles. The number of carbonyl (C=O) groups excluding carboxylic acids is 1. The molecule has 184 valence electrons. The molecule has 3 rings (SSSR count). The number of nitrogens with one attached hydrogen (secondary N) is 1. The van der Waals surface area contributed by atoms with Crippen LogP contribution in [-0.4, -0.2) is 53.6 Å².